The highest BCUT2D eigenvalue weighted by Gasteiger charge is 2.04. The minimum Gasteiger partial charge on any atom is -0.480 e. The SMILES string of the molecule is NCC=C=C[C@H](N)C(=O)O. The molecule has 1 atom stereocenters. The van der Waals surface area contributed by atoms with E-state index in [1.54, 1.807) is 0 Å². The summed E-state index contributed by atoms with van der Waals surface area (Å²) in [5.41, 5.74) is 12.7. The Morgan fingerprint density at radius 3 is 2.80 bits per heavy atom. The average Bonchev–Trinajstić information content (AvgIpc) is 1.88. The van der Waals surface area contributed by atoms with Crippen molar-refractivity contribution >= 4 is 5.97 Å². The van der Waals surface area contributed by atoms with Gasteiger partial charge in [-0.15, -0.1) is 5.73 Å². The summed E-state index contributed by atoms with van der Waals surface area (Å²) in [5, 5.41) is 8.24. The maximum absolute atomic E-state index is 10.1. The summed E-state index contributed by atoms with van der Waals surface area (Å²) < 4.78 is 0. The highest BCUT2D eigenvalue weighted by Crippen LogP contribution is 1.78. The molecule has 10 heavy (non-hydrogen) atoms. The fraction of sp³-hybridized carbons (Fsp3) is 0.333. The molecule has 0 saturated heterocycles. The number of hydrogen-bond acceptors (Lipinski definition) is 3. The number of carboxylic acids is 1. The molecule has 5 N–H and O–H groups in total. The van der Waals surface area contributed by atoms with E-state index in [1.165, 1.54) is 12.2 Å². The largest absolute Gasteiger partial charge is 0.480 e. The zero-order valence-corrected chi connectivity index (χ0v) is 5.45. The number of aliphatic carboxylic acids is 1. The Hall–Kier alpha value is -1.09. The van der Waals surface area contributed by atoms with E-state index in [2.05, 4.69) is 5.73 Å². The van der Waals surface area contributed by atoms with Gasteiger partial charge < -0.3 is 16.6 Å². The maximum Gasteiger partial charge on any atom is 0.325 e. The molecule has 0 aliphatic rings. The third-order valence-corrected chi connectivity index (χ3v) is 0.797. The molecular weight excluding hydrogens is 132 g/mol. The lowest BCUT2D eigenvalue weighted by molar-refractivity contribution is -0.137. The quantitative estimate of drug-likeness (QED) is 0.444. The highest BCUT2D eigenvalue weighted by molar-refractivity contribution is 5.75. The van der Waals surface area contributed by atoms with E-state index in [1.807, 2.05) is 0 Å². The molecule has 0 bridgehead atoms. The summed E-state index contributed by atoms with van der Waals surface area (Å²) in [6, 6.07) is -0.984. The molecule has 0 radical (unpaired) electrons. The average molecular weight is 142 g/mol. The lowest BCUT2D eigenvalue weighted by Gasteiger charge is -1.93. The lowest BCUT2D eigenvalue weighted by Crippen LogP contribution is -2.27. The van der Waals surface area contributed by atoms with Crippen LogP contribution in [-0.4, -0.2) is 23.7 Å². The van der Waals surface area contributed by atoms with Gasteiger partial charge in [-0.05, 0) is 12.2 Å². The Balaban J connectivity index is 3.89. The lowest BCUT2D eigenvalue weighted by atomic mass is 10.3. The van der Waals surface area contributed by atoms with Crippen LogP contribution in [0.4, 0.5) is 0 Å². The monoisotopic (exact) mass is 142 g/mol. The fourth-order valence-corrected chi connectivity index (χ4v) is 0.311. The Labute approximate surface area is 58.8 Å². The van der Waals surface area contributed by atoms with Crippen LogP contribution in [0.1, 0.15) is 0 Å². The van der Waals surface area contributed by atoms with Gasteiger partial charge in [0.2, 0.25) is 0 Å². The van der Waals surface area contributed by atoms with Crippen molar-refractivity contribution in [1.82, 2.24) is 0 Å². The number of nitrogens with two attached hydrogens (primary N) is 2. The van der Waals surface area contributed by atoms with Crippen molar-refractivity contribution in [1.29, 1.82) is 0 Å². The second-order valence-electron chi connectivity index (χ2n) is 1.64. The molecule has 0 aliphatic heterocycles. The van der Waals surface area contributed by atoms with Gasteiger partial charge in [-0.3, -0.25) is 4.79 Å². The molecule has 0 rings (SSSR count). The summed E-state index contributed by atoms with van der Waals surface area (Å²) >= 11 is 0. The topological polar surface area (TPSA) is 89.3 Å². The molecule has 56 valence electrons. The summed E-state index contributed by atoms with van der Waals surface area (Å²) in [4.78, 5) is 10.1. The number of rotatable bonds is 3. The van der Waals surface area contributed by atoms with Crippen LogP contribution < -0.4 is 11.5 Å². The van der Waals surface area contributed by atoms with Gasteiger partial charge in [-0.2, -0.15) is 0 Å². The van der Waals surface area contributed by atoms with Crippen LogP contribution in [0.5, 0.6) is 0 Å². The van der Waals surface area contributed by atoms with Gasteiger partial charge in [0, 0.05) is 6.54 Å². The van der Waals surface area contributed by atoms with Gasteiger partial charge in [-0.1, -0.05) is 0 Å². The summed E-state index contributed by atoms with van der Waals surface area (Å²) in [6.45, 7) is 0.336. The fourth-order valence-electron chi connectivity index (χ4n) is 0.311. The van der Waals surface area contributed by atoms with E-state index in [4.69, 9.17) is 16.6 Å². The molecule has 0 unspecified atom stereocenters. The molecule has 0 aromatic carbocycles. The van der Waals surface area contributed by atoms with Crippen LogP contribution in [0.15, 0.2) is 17.9 Å². The molecule has 0 amide bonds. The normalized spacial score (nSPS) is 11.4. The summed E-state index contributed by atoms with van der Waals surface area (Å²) in [7, 11) is 0. The minimum atomic E-state index is -1.07. The first-order valence-corrected chi connectivity index (χ1v) is 2.78. The van der Waals surface area contributed by atoms with Crippen LogP contribution in [0.3, 0.4) is 0 Å². The maximum atomic E-state index is 10.1. The van der Waals surface area contributed by atoms with Gasteiger partial charge in [-0.25, -0.2) is 0 Å². The van der Waals surface area contributed by atoms with Crippen molar-refractivity contribution in [3.63, 3.8) is 0 Å². The molecule has 0 fully saturated rings. The van der Waals surface area contributed by atoms with E-state index in [0.717, 1.165) is 0 Å². The van der Waals surface area contributed by atoms with Crippen molar-refractivity contribution in [3.05, 3.63) is 17.9 Å². The van der Waals surface area contributed by atoms with Gasteiger partial charge in [0.05, 0.1) is 0 Å². The second-order valence-corrected chi connectivity index (χ2v) is 1.64. The molecule has 0 aliphatic carbocycles. The van der Waals surface area contributed by atoms with E-state index in [-0.39, 0.29) is 0 Å². The first-order valence-electron chi connectivity index (χ1n) is 2.78. The standard InChI is InChI=1S/C6H10N2O2/c7-4-2-1-3-5(8)6(9)10/h2-3,5H,4,7-8H2,(H,9,10)/t1?,5-/m0/s1. The molecule has 0 spiro atoms. The van der Waals surface area contributed by atoms with Crippen LogP contribution in [0, 0.1) is 0 Å². The molecule has 0 aromatic rings. The number of carbonyl (C=O) groups is 1. The third kappa shape index (κ3) is 3.86. The summed E-state index contributed by atoms with van der Waals surface area (Å²) in [6.07, 6.45) is 2.75. The van der Waals surface area contributed by atoms with Crippen molar-refractivity contribution in [2.45, 2.75) is 6.04 Å². The smallest absolute Gasteiger partial charge is 0.325 e. The molecular formula is C6H10N2O2. The van der Waals surface area contributed by atoms with Crippen LogP contribution in [0.25, 0.3) is 0 Å². The van der Waals surface area contributed by atoms with Crippen molar-refractivity contribution in [2.75, 3.05) is 6.54 Å². The van der Waals surface area contributed by atoms with Crippen LogP contribution in [0.2, 0.25) is 0 Å². The van der Waals surface area contributed by atoms with Gasteiger partial charge in [0.25, 0.3) is 0 Å². The van der Waals surface area contributed by atoms with Crippen molar-refractivity contribution in [2.24, 2.45) is 11.5 Å². The molecule has 0 heterocycles. The highest BCUT2D eigenvalue weighted by atomic mass is 16.4. The Bertz CT molecular complexity index is 171. The zero-order valence-electron chi connectivity index (χ0n) is 5.45. The third-order valence-electron chi connectivity index (χ3n) is 0.797. The number of hydrogen-bond donors (Lipinski definition) is 3. The minimum absolute atomic E-state index is 0.336. The van der Waals surface area contributed by atoms with Crippen LogP contribution in [-0.2, 0) is 4.79 Å². The van der Waals surface area contributed by atoms with Crippen LogP contribution >= 0.6 is 0 Å². The molecule has 4 heteroatoms. The van der Waals surface area contributed by atoms with E-state index in [9.17, 15) is 4.79 Å². The van der Waals surface area contributed by atoms with E-state index < -0.39 is 12.0 Å². The summed E-state index contributed by atoms with van der Waals surface area (Å²) in [5.74, 6) is -1.07. The first-order chi connectivity index (χ1) is 4.68. The van der Waals surface area contributed by atoms with Gasteiger partial charge in [0.1, 0.15) is 6.04 Å². The Morgan fingerprint density at radius 2 is 2.40 bits per heavy atom. The molecule has 0 aromatic heterocycles. The second kappa shape index (κ2) is 4.76. The molecule has 4 nitrogen and oxygen atoms in total. The molecule has 0 saturated carbocycles. The number of carboxylic acid groups (broad SMARTS) is 1. The Kier molecular flexibility index (Phi) is 4.24. The zero-order chi connectivity index (χ0) is 7.98. The Morgan fingerprint density at radius 1 is 1.80 bits per heavy atom. The predicted molar refractivity (Wildman–Crippen MR) is 37.3 cm³/mol. The van der Waals surface area contributed by atoms with Gasteiger partial charge >= 0.3 is 5.97 Å². The van der Waals surface area contributed by atoms with Crippen molar-refractivity contribution in [3.8, 4) is 0 Å². The van der Waals surface area contributed by atoms with Crippen molar-refractivity contribution < 1.29 is 9.90 Å². The predicted octanol–water partition coefficient (Wildman–Crippen LogP) is -0.932. The first kappa shape index (κ1) is 8.91. The van der Waals surface area contributed by atoms with Gasteiger partial charge in [0.15, 0.2) is 0 Å². The van der Waals surface area contributed by atoms with E-state index in [0.29, 0.717) is 6.54 Å². The van der Waals surface area contributed by atoms with E-state index >= 15 is 0 Å².